The second-order valence-corrected chi connectivity index (χ2v) is 15.3. The summed E-state index contributed by atoms with van der Waals surface area (Å²) in [4.78, 5) is 11.3. The fourth-order valence-electron chi connectivity index (χ4n) is 9.69. The van der Waals surface area contributed by atoms with Crippen molar-refractivity contribution >= 4 is 75.8 Å². The van der Waals surface area contributed by atoms with Gasteiger partial charge in [-0.15, -0.1) is 0 Å². The van der Waals surface area contributed by atoms with Crippen LogP contribution in [0.4, 0.5) is 0 Å². The van der Waals surface area contributed by atoms with Crippen molar-refractivity contribution in [2.75, 3.05) is 0 Å². The summed E-state index contributed by atoms with van der Waals surface area (Å²) in [5.74, 6) is 0.670. The minimum absolute atomic E-state index is 0.0625. The third kappa shape index (κ3) is 3.85. The zero-order valence-corrected chi connectivity index (χ0v) is 29.9. The highest BCUT2D eigenvalue weighted by atomic mass is 15.2. The molecule has 0 bridgehead atoms. The van der Waals surface area contributed by atoms with Crippen LogP contribution in [0.2, 0.25) is 0 Å². The average molecular weight is 688 g/mol. The number of hydrogen-bond acceptors (Lipinski definition) is 2. The molecule has 0 saturated carbocycles. The molecule has 3 nitrogen and oxygen atoms in total. The molecule has 9 aromatic carbocycles. The molecule has 11 aromatic rings. The Balaban J connectivity index is 1.24. The predicted molar refractivity (Wildman–Crippen MR) is 227 cm³/mol. The zero-order valence-electron chi connectivity index (χ0n) is 29.9. The van der Waals surface area contributed by atoms with Crippen LogP contribution in [-0.4, -0.2) is 14.5 Å². The molecular weight excluding hydrogens is 655 g/mol. The highest BCUT2D eigenvalue weighted by Crippen LogP contribution is 2.52. The molecule has 0 saturated heterocycles. The number of nitrogens with zero attached hydrogens (tertiary/aromatic N) is 3. The van der Waals surface area contributed by atoms with Gasteiger partial charge in [0.2, 0.25) is 5.95 Å². The van der Waals surface area contributed by atoms with Crippen LogP contribution in [-0.2, 0) is 5.41 Å². The SMILES string of the molecule is CC1(C)c2ccccc2-c2c1ccc1cc3c(cc21)c1ccccc1n3-c1nc(-c2cccc3ccccc23)c2c3ccccc3c3ccccc3c2n1. The van der Waals surface area contributed by atoms with E-state index < -0.39 is 0 Å². The Morgan fingerprint density at radius 2 is 1.07 bits per heavy atom. The summed E-state index contributed by atoms with van der Waals surface area (Å²) >= 11 is 0. The molecule has 0 atom stereocenters. The first kappa shape index (κ1) is 29.7. The van der Waals surface area contributed by atoms with E-state index in [0.29, 0.717) is 5.95 Å². The number of benzene rings is 9. The Hall–Kier alpha value is -6.84. The predicted octanol–water partition coefficient (Wildman–Crippen LogP) is 13.3. The molecule has 54 heavy (non-hydrogen) atoms. The second kappa shape index (κ2) is 10.6. The molecule has 2 aromatic heterocycles. The van der Waals surface area contributed by atoms with E-state index in [-0.39, 0.29) is 5.41 Å². The summed E-state index contributed by atoms with van der Waals surface area (Å²) in [6.07, 6.45) is 0. The summed E-state index contributed by atoms with van der Waals surface area (Å²) in [6, 6.07) is 59.7. The van der Waals surface area contributed by atoms with Crippen molar-refractivity contribution in [1.29, 1.82) is 0 Å². The standard InChI is InChI=1S/C51H33N3/c1-51(2)42-24-11-9-22-39(42)46-40-29-41-35-19-10-12-25-44(35)54(45(41)28-31(40)26-27-43(46)51)50-52-48(37-23-13-15-30-14-3-4-16-32(30)37)47-36-20-7-5-17-33(36)34-18-6-8-21-38(34)49(47)53-50/h3-29H,1-2H3. The van der Waals surface area contributed by atoms with Crippen LogP contribution < -0.4 is 0 Å². The van der Waals surface area contributed by atoms with Gasteiger partial charge in [0.15, 0.2) is 0 Å². The molecule has 0 N–H and O–H groups in total. The van der Waals surface area contributed by atoms with E-state index in [1.54, 1.807) is 0 Å². The van der Waals surface area contributed by atoms with Gasteiger partial charge in [0, 0.05) is 32.5 Å². The first-order valence-electron chi connectivity index (χ1n) is 18.8. The highest BCUT2D eigenvalue weighted by Gasteiger charge is 2.36. The third-order valence-electron chi connectivity index (χ3n) is 12.2. The lowest BCUT2D eigenvalue weighted by Crippen LogP contribution is -2.14. The second-order valence-electron chi connectivity index (χ2n) is 15.3. The maximum atomic E-state index is 5.66. The van der Waals surface area contributed by atoms with Crippen LogP contribution in [0.1, 0.15) is 25.0 Å². The highest BCUT2D eigenvalue weighted by molar-refractivity contribution is 6.28. The summed E-state index contributed by atoms with van der Waals surface area (Å²) in [7, 11) is 0. The lowest BCUT2D eigenvalue weighted by Gasteiger charge is -2.21. The minimum Gasteiger partial charge on any atom is -0.278 e. The van der Waals surface area contributed by atoms with Gasteiger partial charge in [-0.1, -0.05) is 159 Å². The zero-order chi connectivity index (χ0) is 35.7. The van der Waals surface area contributed by atoms with Gasteiger partial charge in [-0.2, -0.15) is 0 Å². The van der Waals surface area contributed by atoms with Gasteiger partial charge in [0.25, 0.3) is 0 Å². The van der Waals surface area contributed by atoms with Gasteiger partial charge in [-0.3, -0.25) is 4.57 Å². The van der Waals surface area contributed by atoms with Crippen molar-refractivity contribution in [1.82, 2.24) is 14.5 Å². The quantitative estimate of drug-likeness (QED) is 0.169. The van der Waals surface area contributed by atoms with Crippen molar-refractivity contribution < 1.29 is 0 Å². The molecule has 252 valence electrons. The third-order valence-corrected chi connectivity index (χ3v) is 12.2. The fraction of sp³-hybridized carbons (Fsp3) is 0.0588. The van der Waals surface area contributed by atoms with Gasteiger partial charge in [-0.25, -0.2) is 9.97 Å². The van der Waals surface area contributed by atoms with Crippen LogP contribution in [0.25, 0.3) is 104 Å². The van der Waals surface area contributed by atoms with Gasteiger partial charge >= 0.3 is 0 Å². The molecule has 0 radical (unpaired) electrons. The number of para-hydroxylation sites is 1. The van der Waals surface area contributed by atoms with Crippen molar-refractivity contribution in [3.63, 3.8) is 0 Å². The Labute approximate surface area is 311 Å². The molecule has 0 aliphatic heterocycles. The normalized spacial score (nSPS) is 13.5. The first-order valence-corrected chi connectivity index (χ1v) is 18.8. The molecule has 0 unspecified atom stereocenters. The molecule has 12 rings (SSSR count). The molecule has 2 heterocycles. The molecule has 1 aliphatic rings. The maximum Gasteiger partial charge on any atom is 0.235 e. The van der Waals surface area contributed by atoms with Crippen molar-refractivity contribution in [2.24, 2.45) is 0 Å². The Bertz CT molecular complexity index is 3420. The van der Waals surface area contributed by atoms with Gasteiger partial charge in [0.05, 0.1) is 22.2 Å². The lowest BCUT2D eigenvalue weighted by atomic mass is 9.82. The van der Waals surface area contributed by atoms with E-state index in [2.05, 4.69) is 182 Å². The van der Waals surface area contributed by atoms with E-state index >= 15 is 0 Å². The van der Waals surface area contributed by atoms with E-state index in [4.69, 9.17) is 9.97 Å². The minimum atomic E-state index is -0.0625. The van der Waals surface area contributed by atoms with Crippen molar-refractivity contribution in [2.45, 2.75) is 19.3 Å². The summed E-state index contributed by atoms with van der Waals surface area (Å²) < 4.78 is 2.30. The molecule has 3 heteroatoms. The number of rotatable bonds is 2. The summed E-state index contributed by atoms with van der Waals surface area (Å²) in [5, 5.41) is 13.0. The topological polar surface area (TPSA) is 30.7 Å². The molecule has 0 fully saturated rings. The first-order chi connectivity index (χ1) is 26.6. The molecular formula is C51H33N3. The van der Waals surface area contributed by atoms with Crippen molar-refractivity contribution in [3.05, 3.63) is 175 Å². The van der Waals surface area contributed by atoms with Crippen LogP contribution in [0, 0.1) is 0 Å². The van der Waals surface area contributed by atoms with Crippen molar-refractivity contribution in [3.8, 4) is 28.3 Å². The van der Waals surface area contributed by atoms with Crippen LogP contribution >= 0.6 is 0 Å². The average Bonchev–Trinajstić information content (AvgIpc) is 3.67. The Morgan fingerprint density at radius 1 is 0.426 bits per heavy atom. The molecule has 0 amide bonds. The van der Waals surface area contributed by atoms with E-state index in [1.165, 1.54) is 65.3 Å². The van der Waals surface area contributed by atoms with Crippen LogP contribution in [0.3, 0.4) is 0 Å². The number of aromatic nitrogens is 3. The summed E-state index contributed by atoms with van der Waals surface area (Å²) in [5.41, 5.74) is 10.6. The van der Waals surface area contributed by atoms with E-state index in [9.17, 15) is 0 Å². The van der Waals surface area contributed by atoms with E-state index in [1.807, 2.05) is 0 Å². The van der Waals surface area contributed by atoms with Crippen LogP contribution in [0.15, 0.2) is 164 Å². The Kier molecular flexibility index (Phi) is 5.84. The lowest BCUT2D eigenvalue weighted by molar-refractivity contribution is 0.661. The van der Waals surface area contributed by atoms with Gasteiger partial charge < -0.3 is 0 Å². The number of fused-ring (bicyclic) bond motifs is 15. The summed E-state index contributed by atoms with van der Waals surface area (Å²) in [6.45, 7) is 4.71. The van der Waals surface area contributed by atoms with Crippen LogP contribution in [0.5, 0.6) is 0 Å². The largest absolute Gasteiger partial charge is 0.278 e. The molecule has 1 aliphatic carbocycles. The van der Waals surface area contributed by atoms with Gasteiger partial charge in [0.1, 0.15) is 0 Å². The monoisotopic (exact) mass is 687 g/mol. The Morgan fingerprint density at radius 3 is 1.93 bits per heavy atom. The molecule has 0 spiro atoms. The fourth-order valence-corrected chi connectivity index (χ4v) is 9.69. The smallest absolute Gasteiger partial charge is 0.235 e. The van der Waals surface area contributed by atoms with Gasteiger partial charge in [-0.05, 0) is 78.2 Å². The maximum absolute atomic E-state index is 5.66. The number of hydrogen-bond donors (Lipinski definition) is 0. The van der Waals surface area contributed by atoms with E-state index in [0.717, 1.165) is 44.0 Å².